The van der Waals surface area contributed by atoms with Crippen molar-refractivity contribution in [2.24, 2.45) is 0 Å². The summed E-state index contributed by atoms with van der Waals surface area (Å²) in [5.41, 5.74) is 1.45. The van der Waals surface area contributed by atoms with Gasteiger partial charge in [-0.2, -0.15) is 0 Å². The van der Waals surface area contributed by atoms with Crippen molar-refractivity contribution >= 4 is 19.3 Å². The van der Waals surface area contributed by atoms with E-state index in [1.54, 1.807) is 0 Å². The van der Waals surface area contributed by atoms with E-state index in [-0.39, 0.29) is 16.2 Å². The molecule has 0 amide bonds. The molecule has 0 saturated carbocycles. The summed E-state index contributed by atoms with van der Waals surface area (Å²) in [5.74, 6) is -8.57. The van der Waals surface area contributed by atoms with Crippen LogP contribution in [0.2, 0.25) is 0 Å². The summed E-state index contributed by atoms with van der Waals surface area (Å²) < 4.78 is 69.2. The van der Waals surface area contributed by atoms with Crippen LogP contribution in [-0.4, -0.2) is 5.80 Å². The number of halogens is 5. The fourth-order valence-corrected chi connectivity index (χ4v) is 4.78. The van der Waals surface area contributed by atoms with Crippen molar-refractivity contribution in [2.45, 2.75) is 78.6 Å². The number of hydrogen-bond acceptors (Lipinski definition) is 0. The maximum atomic E-state index is 14.2. The van der Waals surface area contributed by atoms with Crippen molar-refractivity contribution in [2.75, 3.05) is 0 Å². The lowest BCUT2D eigenvalue weighted by Gasteiger charge is -2.32. The molecule has 0 aliphatic carbocycles. The molecule has 0 aromatic heterocycles. The first kappa shape index (κ1) is 25.5. The van der Waals surface area contributed by atoms with Crippen LogP contribution in [0.3, 0.4) is 0 Å². The molecule has 0 saturated heterocycles. The summed E-state index contributed by atoms with van der Waals surface area (Å²) >= 11 is 0. The van der Waals surface area contributed by atoms with E-state index >= 15 is 0 Å². The summed E-state index contributed by atoms with van der Waals surface area (Å²) in [6.07, 6.45) is 0. The Hall–Kier alpha value is -1.74. The highest BCUT2D eigenvalue weighted by molar-refractivity contribution is 7.48. The Balaban J connectivity index is 2.89. The highest BCUT2D eigenvalue weighted by atomic mass is 31.1. The van der Waals surface area contributed by atoms with E-state index < -0.39 is 34.6 Å². The Bertz CT molecular complexity index is 968. The van der Waals surface area contributed by atoms with Gasteiger partial charge in [-0.05, 0) is 38.7 Å². The highest BCUT2D eigenvalue weighted by Crippen LogP contribution is 2.35. The van der Waals surface area contributed by atoms with Gasteiger partial charge in [0.05, 0.1) is 5.56 Å². The molecule has 0 spiro atoms. The van der Waals surface area contributed by atoms with Gasteiger partial charge in [0, 0.05) is 5.30 Å². The Kier molecular flexibility index (Phi) is 6.84. The molecule has 0 unspecified atom stereocenters. The predicted molar refractivity (Wildman–Crippen MR) is 120 cm³/mol. The van der Waals surface area contributed by atoms with Crippen molar-refractivity contribution in [1.29, 1.82) is 0 Å². The minimum atomic E-state index is -2.15. The quantitative estimate of drug-likeness (QED) is 0.188. The second-order valence-electron chi connectivity index (χ2n) is 10.9. The van der Waals surface area contributed by atoms with E-state index in [1.807, 2.05) is 41.5 Å². The zero-order valence-electron chi connectivity index (χ0n) is 19.6. The lowest BCUT2D eigenvalue weighted by Crippen LogP contribution is -2.29. The van der Waals surface area contributed by atoms with Crippen LogP contribution < -0.4 is 5.30 Å². The van der Waals surface area contributed by atoms with Crippen LogP contribution in [0.5, 0.6) is 0 Å². The van der Waals surface area contributed by atoms with Gasteiger partial charge in [-0.15, -0.1) is 0 Å². The largest absolute Gasteiger partial charge is 0.203 e. The average molecular weight is 456 g/mol. The first-order valence-corrected chi connectivity index (χ1v) is 11.1. The van der Waals surface area contributed by atoms with Gasteiger partial charge in [0.1, 0.15) is 0 Å². The molecule has 0 fully saturated rings. The molecule has 6 heteroatoms. The molecule has 0 radical (unpaired) electrons. The van der Waals surface area contributed by atoms with Crippen LogP contribution in [0.4, 0.5) is 22.0 Å². The second-order valence-corrected chi connectivity index (χ2v) is 11.9. The topological polar surface area (TPSA) is 0 Å². The Morgan fingerprint density at radius 2 is 0.935 bits per heavy atom. The SMILES string of the molecule is CC(C)(C)c1cc(C(C)(C)C)c(P=Cc2c(F)c(F)c(F)c(F)c2F)c(C(C)(C)C)c1. The molecule has 2 rings (SSSR count). The van der Waals surface area contributed by atoms with Gasteiger partial charge in [0.15, 0.2) is 23.3 Å². The maximum absolute atomic E-state index is 14.2. The van der Waals surface area contributed by atoms with Crippen LogP contribution in [-0.2, 0) is 16.2 Å². The van der Waals surface area contributed by atoms with Gasteiger partial charge in [-0.1, -0.05) is 82.7 Å². The molecule has 31 heavy (non-hydrogen) atoms. The van der Waals surface area contributed by atoms with E-state index in [4.69, 9.17) is 0 Å². The van der Waals surface area contributed by atoms with Gasteiger partial charge in [-0.25, -0.2) is 22.0 Å². The summed E-state index contributed by atoms with van der Waals surface area (Å²) in [4.78, 5) is 0. The normalized spacial score (nSPS) is 13.4. The lowest BCUT2D eigenvalue weighted by molar-refractivity contribution is 0.377. The van der Waals surface area contributed by atoms with Crippen molar-refractivity contribution in [3.63, 3.8) is 0 Å². The first-order chi connectivity index (χ1) is 13.9. The molecule has 0 aliphatic heterocycles. The fourth-order valence-electron chi connectivity index (χ4n) is 3.21. The highest BCUT2D eigenvalue weighted by Gasteiger charge is 2.29. The second kappa shape index (κ2) is 8.31. The Labute approximate surface area is 183 Å². The first-order valence-electron chi connectivity index (χ1n) is 10.1. The summed E-state index contributed by atoms with van der Waals surface area (Å²) in [6, 6.07) is 4.17. The van der Waals surface area contributed by atoms with Crippen LogP contribution in [0.25, 0.3) is 0 Å². The monoisotopic (exact) mass is 456 g/mol. The third-order valence-electron chi connectivity index (χ3n) is 5.16. The van der Waals surface area contributed by atoms with Crippen molar-refractivity contribution < 1.29 is 22.0 Å². The maximum Gasteiger partial charge on any atom is 0.200 e. The Morgan fingerprint density at radius 3 is 1.26 bits per heavy atom. The van der Waals surface area contributed by atoms with Crippen molar-refractivity contribution in [1.82, 2.24) is 0 Å². The third-order valence-corrected chi connectivity index (χ3v) is 6.29. The molecule has 0 atom stereocenters. The van der Waals surface area contributed by atoms with Gasteiger partial charge in [0.25, 0.3) is 0 Å². The van der Waals surface area contributed by atoms with Gasteiger partial charge < -0.3 is 0 Å². The average Bonchev–Trinajstić information content (AvgIpc) is 2.62. The zero-order valence-corrected chi connectivity index (χ0v) is 20.5. The van der Waals surface area contributed by atoms with Crippen LogP contribution in [0.1, 0.15) is 84.6 Å². The zero-order chi connectivity index (χ0) is 24.1. The number of rotatable bonds is 2. The van der Waals surface area contributed by atoms with Crippen molar-refractivity contribution in [3.05, 3.63) is 63.5 Å². The summed E-state index contributed by atoms with van der Waals surface area (Å²) in [5, 5.41) is 0.817. The third kappa shape index (κ3) is 5.19. The van der Waals surface area contributed by atoms with E-state index in [2.05, 4.69) is 32.9 Å². The predicted octanol–water partition coefficient (Wildman–Crippen LogP) is 7.70. The Morgan fingerprint density at radius 1 is 0.581 bits per heavy atom. The molecule has 0 N–H and O–H groups in total. The number of hydrogen-bond donors (Lipinski definition) is 0. The molecule has 0 aliphatic rings. The molecule has 0 bridgehead atoms. The van der Waals surface area contributed by atoms with Gasteiger partial charge >= 0.3 is 0 Å². The van der Waals surface area contributed by atoms with Crippen molar-refractivity contribution in [3.8, 4) is 0 Å². The fraction of sp³-hybridized carbons (Fsp3) is 0.480. The summed E-state index contributed by atoms with van der Waals surface area (Å²) in [6.45, 7) is 18.6. The lowest BCUT2D eigenvalue weighted by atomic mass is 9.75. The van der Waals surface area contributed by atoms with Crippen LogP contribution >= 0.6 is 8.20 Å². The van der Waals surface area contributed by atoms with Crippen LogP contribution in [0, 0.1) is 29.1 Å². The smallest absolute Gasteiger partial charge is 0.200 e. The van der Waals surface area contributed by atoms with Gasteiger partial charge in [-0.3, -0.25) is 0 Å². The standard InChI is InChI=1S/C25H30F5P/c1-23(2,3)13-10-15(24(4,5)6)22(16(11-13)25(7,8)9)31-12-14-17(26)19(28)21(30)20(29)18(14)27/h10-12H,1-9H3. The van der Waals surface area contributed by atoms with E-state index in [0.717, 1.165) is 27.8 Å². The van der Waals surface area contributed by atoms with Gasteiger partial charge in [0.2, 0.25) is 5.82 Å². The summed E-state index contributed by atoms with van der Waals surface area (Å²) in [7, 11) is 0.359. The minimum absolute atomic E-state index is 0.124. The molecule has 2 aromatic carbocycles. The minimum Gasteiger partial charge on any atom is -0.203 e. The van der Waals surface area contributed by atoms with E-state index in [0.29, 0.717) is 8.20 Å². The molecular weight excluding hydrogens is 426 g/mol. The van der Waals surface area contributed by atoms with E-state index in [1.165, 1.54) is 0 Å². The molecule has 170 valence electrons. The molecule has 2 aromatic rings. The van der Waals surface area contributed by atoms with E-state index in [9.17, 15) is 22.0 Å². The van der Waals surface area contributed by atoms with Crippen LogP contribution in [0.15, 0.2) is 12.1 Å². The molecule has 0 nitrogen and oxygen atoms in total. The molecular formula is C25H30F5P. The number of benzene rings is 2. The molecule has 0 heterocycles.